The van der Waals surface area contributed by atoms with Crippen LogP contribution in [0.15, 0.2) is 52.5 Å². The molecule has 1 aliphatic rings. The number of rotatable bonds is 6. The van der Waals surface area contributed by atoms with Gasteiger partial charge >= 0.3 is 5.97 Å². The van der Waals surface area contributed by atoms with Crippen molar-refractivity contribution in [1.29, 1.82) is 0 Å². The van der Waals surface area contributed by atoms with Gasteiger partial charge in [-0.05, 0) is 36.6 Å². The number of hydrogen-bond acceptors (Lipinski definition) is 7. The molecule has 0 N–H and O–H groups in total. The van der Waals surface area contributed by atoms with Gasteiger partial charge < -0.3 is 23.5 Å². The van der Waals surface area contributed by atoms with E-state index in [0.717, 1.165) is 4.88 Å². The maximum Gasteiger partial charge on any atom is 0.342 e. The number of benzene rings is 1. The predicted molar refractivity (Wildman–Crippen MR) is 107 cm³/mol. The first-order chi connectivity index (χ1) is 14.1. The highest BCUT2D eigenvalue weighted by Crippen LogP contribution is 2.34. The van der Waals surface area contributed by atoms with Crippen LogP contribution in [0.4, 0.5) is 5.69 Å². The van der Waals surface area contributed by atoms with Crippen LogP contribution in [0, 0.1) is 6.92 Å². The zero-order chi connectivity index (χ0) is 20.2. The number of esters is 1. The fraction of sp³-hybridized carbons (Fsp3) is 0.238. The Morgan fingerprint density at radius 3 is 2.69 bits per heavy atom. The monoisotopic (exact) mass is 413 g/mol. The van der Waals surface area contributed by atoms with Crippen LogP contribution in [0.3, 0.4) is 0 Å². The largest absolute Gasteiger partial charge is 0.486 e. The van der Waals surface area contributed by atoms with Gasteiger partial charge in [0.25, 0.3) is 5.91 Å². The molecular weight excluding hydrogens is 394 g/mol. The molecule has 2 aromatic heterocycles. The lowest BCUT2D eigenvalue weighted by atomic mass is 10.2. The van der Waals surface area contributed by atoms with E-state index >= 15 is 0 Å². The van der Waals surface area contributed by atoms with E-state index in [1.54, 1.807) is 41.4 Å². The lowest BCUT2D eigenvalue weighted by Gasteiger charge is -2.25. The third-order valence-corrected chi connectivity index (χ3v) is 5.30. The van der Waals surface area contributed by atoms with Crippen molar-refractivity contribution in [3.8, 4) is 11.5 Å². The van der Waals surface area contributed by atoms with Gasteiger partial charge in [0.05, 0.1) is 12.8 Å². The second-order valence-electron chi connectivity index (χ2n) is 6.35. The van der Waals surface area contributed by atoms with E-state index in [1.807, 2.05) is 17.5 Å². The van der Waals surface area contributed by atoms with E-state index < -0.39 is 5.97 Å². The number of aryl methyl sites for hydroxylation is 1. The second kappa shape index (κ2) is 8.40. The van der Waals surface area contributed by atoms with E-state index in [-0.39, 0.29) is 12.5 Å². The van der Waals surface area contributed by atoms with E-state index in [0.29, 0.717) is 48.3 Å². The van der Waals surface area contributed by atoms with Crippen LogP contribution in [0.2, 0.25) is 0 Å². The van der Waals surface area contributed by atoms with Crippen molar-refractivity contribution in [1.82, 2.24) is 0 Å². The minimum Gasteiger partial charge on any atom is -0.486 e. The second-order valence-corrected chi connectivity index (χ2v) is 7.39. The molecule has 1 aliphatic heterocycles. The summed E-state index contributed by atoms with van der Waals surface area (Å²) in [5.74, 6) is 0.742. The highest BCUT2D eigenvalue weighted by atomic mass is 32.1. The average molecular weight is 413 g/mol. The average Bonchev–Trinajstić information content (AvgIpc) is 3.41. The molecule has 0 unspecified atom stereocenters. The summed E-state index contributed by atoms with van der Waals surface area (Å²) in [7, 11) is 0. The quantitative estimate of drug-likeness (QED) is 0.572. The summed E-state index contributed by atoms with van der Waals surface area (Å²) in [6.45, 7) is 2.59. The number of anilines is 1. The van der Waals surface area contributed by atoms with Crippen molar-refractivity contribution in [2.24, 2.45) is 0 Å². The molecule has 0 spiro atoms. The first kappa shape index (κ1) is 19.1. The first-order valence-corrected chi connectivity index (χ1v) is 9.93. The minimum absolute atomic E-state index is 0.307. The smallest absolute Gasteiger partial charge is 0.342 e. The lowest BCUT2D eigenvalue weighted by molar-refractivity contribution is -0.121. The van der Waals surface area contributed by atoms with Crippen molar-refractivity contribution < 1.29 is 28.2 Å². The van der Waals surface area contributed by atoms with Gasteiger partial charge in [-0.15, -0.1) is 11.3 Å². The van der Waals surface area contributed by atoms with Gasteiger partial charge in [0.1, 0.15) is 24.5 Å². The van der Waals surface area contributed by atoms with Gasteiger partial charge in [-0.2, -0.15) is 0 Å². The molecule has 0 saturated carbocycles. The molecule has 0 fully saturated rings. The number of hydrogen-bond donors (Lipinski definition) is 0. The molecule has 3 aromatic rings. The molecule has 29 heavy (non-hydrogen) atoms. The van der Waals surface area contributed by atoms with Gasteiger partial charge in [0.15, 0.2) is 18.1 Å². The van der Waals surface area contributed by atoms with Crippen molar-refractivity contribution in [3.63, 3.8) is 0 Å². The number of thiophene rings is 1. The highest BCUT2D eigenvalue weighted by molar-refractivity contribution is 7.09. The topological polar surface area (TPSA) is 78.2 Å². The standard InChI is InChI=1S/C21H19NO6S/c1-14-17(6-7-25-14)21(24)28-13-20(23)22(12-16-3-2-10-29-16)15-4-5-18-19(11-15)27-9-8-26-18/h2-7,10-11H,8-9,12-13H2,1H3. The molecule has 0 radical (unpaired) electrons. The van der Waals surface area contributed by atoms with Crippen molar-refractivity contribution in [2.75, 3.05) is 24.7 Å². The van der Waals surface area contributed by atoms with Gasteiger partial charge in [-0.25, -0.2) is 4.79 Å². The minimum atomic E-state index is -0.595. The van der Waals surface area contributed by atoms with Crippen LogP contribution < -0.4 is 14.4 Å². The van der Waals surface area contributed by atoms with Crippen molar-refractivity contribution in [2.45, 2.75) is 13.5 Å². The fourth-order valence-electron chi connectivity index (χ4n) is 2.96. The Bertz CT molecular complexity index is 1010. The van der Waals surface area contributed by atoms with Crippen LogP contribution in [-0.2, 0) is 16.1 Å². The van der Waals surface area contributed by atoms with Crippen LogP contribution in [0.1, 0.15) is 21.0 Å². The van der Waals surface area contributed by atoms with Gasteiger partial charge in [0.2, 0.25) is 0 Å². The maximum absolute atomic E-state index is 13.0. The van der Waals surface area contributed by atoms with E-state index in [9.17, 15) is 9.59 Å². The van der Waals surface area contributed by atoms with E-state index in [1.165, 1.54) is 12.3 Å². The molecule has 0 bridgehead atoms. The Labute approximate surface area is 171 Å². The van der Waals surface area contributed by atoms with Gasteiger partial charge in [0, 0.05) is 16.6 Å². The molecule has 8 heteroatoms. The molecule has 7 nitrogen and oxygen atoms in total. The number of ether oxygens (including phenoxy) is 3. The molecule has 4 rings (SSSR count). The van der Waals surface area contributed by atoms with Gasteiger partial charge in [-0.3, -0.25) is 4.79 Å². The normalized spacial score (nSPS) is 12.4. The van der Waals surface area contributed by atoms with Crippen molar-refractivity contribution in [3.05, 3.63) is 64.2 Å². The Balaban J connectivity index is 1.53. The number of furan rings is 1. The third-order valence-electron chi connectivity index (χ3n) is 4.44. The predicted octanol–water partition coefficient (Wildman–Crippen LogP) is 3.81. The zero-order valence-electron chi connectivity index (χ0n) is 15.8. The molecule has 1 aromatic carbocycles. The summed E-state index contributed by atoms with van der Waals surface area (Å²) in [5.41, 5.74) is 0.949. The Kier molecular flexibility index (Phi) is 5.53. The molecule has 0 saturated heterocycles. The van der Waals surface area contributed by atoms with Crippen LogP contribution in [0.25, 0.3) is 0 Å². The van der Waals surface area contributed by atoms with Crippen molar-refractivity contribution >= 4 is 28.9 Å². The first-order valence-electron chi connectivity index (χ1n) is 9.05. The Morgan fingerprint density at radius 1 is 1.14 bits per heavy atom. The molecule has 1 amide bonds. The van der Waals surface area contributed by atoms with E-state index in [2.05, 4.69) is 0 Å². The van der Waals surface area contributed by atoms with Crippen LogP contribution >= 0.6 is 11.3 Å². The number of carbonyl (C=O) groups is 2. The lowest BCUT2D eigenvalue weighted by Crippen LogP contribution is -2.34. The Hall–Kier alpha value is -3.26. The number of amides is 1. The molecule has 150 valence electrons. The van der Waals surface area contributed by atoms with Crippen LogP contribution in [0.5, 0.6) is 11.5 Å². The molecule has 0 aliphatic carbocycles. The fourth-order valence-corrected chi connectivity index (χ4v) is 3.65. The third kappa shape index (κ3) is 4.27. The number of fused-ring (bicyclic) bond motifs is 1. The molecule has 3 heterocycles. The summed E-state index contributed by atoms with van der Waals surface area (Å²) < 4.78 is 21.5. The summed E-state index contributed by atoms with van der Waals surface area (Å²) >= 11 is 1.55. The number of carbonyl (C=O) groups excluding carboxylic acids is 2. The Morgan fingerprint density at radius 2 is 1.97 bits per heavy atom. The zero-order valence-corrected chi connectivity index (χ0v) is 16.6. The highest BCUT2D eigenvalue weighted by Gasteiger charge is 2.22. The molecular formula is C21H19NO6S. The van der Waals surface area contributed by atoms with Crippen LogP contribution in [-0.4, -0.2) is 31.7 Å². The maximum atomic E-state index is 13.0. The summed E-state index contributed by atoms with van der Waals surface area (Å²) in [6.07, 6.45) is 1.41. The summed E-state index contributed by atoms with van der Waals surface area (Å²) in [6, 6.07) is 10.7. The number of nitrogens with zero attached hydrogens (tertiary/aromatic N) is 1. The summed E-state index contributed by atoms with van der Waals surface area (Å²) in [5, 5.41) is 1.95. The van der Waals surface area contributed by atoms with Gasteiger partial charge in [-0.1, -0.05) is 6.07 Å². The summed E-state index contributed by atoms with van der Waals surface area (Å²) in [4.78, 5) is 27.7. The molecule has 0 atom stereocenters. The van der Waals surface area contributed by atoms with E-state index in [4.69, 9.17) is 18.6 Å². The SMILES string of the molecule is Cc1occc1C(=O)OCC(=O)N(Cc1cccs1)c1ccc2c(c1)OCCO2.